The van der Waals surface area contributed by atoms with Crippen LogP contribution in [0.1, 0.15) is 34.1 Å². The lowest BCUT2D eigenvalue weighted by Crippen LogP contribution is -2.34. The smallest absolute Gasteiger partial charge is 0.0639 e. The number of aliphatic hydroxyl groups is 1. The summed E-state index contributed by atoms with van der Waals surface area (Å²) in [6, 6.07) is 0. The zero-order valence-electron chi connectivity index (χ0n) is 8.88. The van der Waals surface area contributed by atoms with Gasteiger partial charge in [-0.25, -0.2) is 0 Å². The summed E-state index contributed by atoms with van der Waals surface area (Å²) >= 11 is 0. The van der Waals surface area contributed by atoms with Crippen LogP contribution >= 0.6 is 0 Å². The second-order valence-electron chi connectivity index (χ2n) is 3.71. The molecule has 2 atom stereocenters. The highest BCUT2D eigenvalue weighted by Gasteiger charge is 2.08. The molecule has 1 unspecified atom stereocenters. The second kappa shape index (κ2) is 6.44. The van der Waals surface area contributed by atoms with Crippen LogP contribution in [0.4, 0.5) is 0 Å². The first-order valence-electron chi connectivity index (χ1n) is 5.00. The van der Waals surface area contributed by atoms with E-state index in [9.17, 15) is 5.11 Å². The molecule has 0 aliphatic heterocycles. The van der Waals surface area contributed by atoms with Crippen molar-refractivity contribution >= 4 is 0 Å². The maximum atomic E-state index is 9.20. The molecule has 0 spiro atoms. The predicted molar refractivity (Wildman–Crippen MR) is 53.2 cm³/mol. The molecule has 12 heavy (non-hydrogen) atoms. The summed E-state index contributed by atoms with van der Waals surface area (Å²) in [5, 5.41) is 9.20. The minimum Gasteiger partial charge on any atom is -0.392 e. The van der Waals surface area contributed by atoms with Gasteiger partial charge in [0, 0.05) is 13.1 Å². The van der Waals surface area contributed by atoms with Crippen LogP contribution < -0.4 is 0 Å². The van der Waals surface area contributed by atoms with Crippen molar-refractivity contribution in [1.29, 1.82) is 0 Å². The molecule has 0 amide bonds. The van der Waals surface area contributed by atoms with Gasteiger partial charge in [-0.15, -0.1) is 0 Å². The first-order chi connectivity index (χ1) is 5.60. The van der Waals surface area contributed by atoms with Crippen molar-refractivity contribution in [2.24, 2.45) is 5.92 Å². The van der Waals surface area contributed by atoms with Gasteiger partial charge in [-0.1, -0.05) is 27.2 Å². The first-order valence-corrected chi connectivity index (χ1v) is 5.00. The highest BCUT2D eigenvalue weighted by Crippen LogP contribution is 2.04. The van der Waals surface area contributed by atoms with Gasteiger partial charge in [0.25, 0.3) is 0 Å². The van der Waals surface area contributed by atoms with Crippen LogP contribution in [0, 0.1) is 5.92 Å². The van der Waals surface area contributed by atoms with Gasteiger partial charge in [-0.05, 0) is 19.4 Å². The molecule has 0 saturated carbocycles. The average molecular weight is 173 g/mol. The molecule has 0 aromatic rings. The highest BCUT2D eigenvalue weighted by atomic mass is 16.3. The molecule has 1 N–H and O–H groups in total. The molecule has 0 aliphatic carbocycles. The van der Waals surface area contributed by atoms with E-state index in [4.69, 9.17) is 0 Å². The van der Waals surface area contributed by atoms with Crippen molar-refractivity contribution in [1.82, 2.24) is 4.90 Å². The summed E-state index contributed by atoms with van der Waals surface area (Å²) < 4.78 is 0. The van der Waals surface area contributed by atoms with Crippen LogP contribution in [0.5, 0.6) is 0 Å². The molecule has 0 heterocycles. The number of rotatable bonds is 6. The minimum absolute atomic E-state index is 0.200. The Kier molecular flexibility index (Phi) is 6.39. The third-order valence-corrected chi connectivity index (χ3v) is 2.24. The SMILES string of the molecule is CCC(C)CN(CC)C[C@H](C)O. The van der Waals surface area contributed by atoms with E-state index in [1.165, 1.54) is 6.42 Å². The van der Waals surface area contributed by atoms with Crippen LogP contribution in [0.15, 0.2) is 0 Å². The highest BCUT2D eigenvalue weighted by molar-refractivity contribution is 4.62. The van der Waals surface area contributed by atoms with E-state index in [-0.39, 0.29) is 6.10 Å². The summed E-state index contributed by atoms with van der Waals surface area (Å²) in [7, 11) is 0. The van der Waals surface area contributed by atoms with Crippen LogP contribution in [0.3, 0.4) is 0 Å². The molecular weight excluding hydrogens is 150 g/mol. The zero-order chi connectivity index (χ0) is 9.56. The van der Waals surface area contributed by atoms with E-state index in [0.29, 0.717) is 0 Å². The number of hydrogen-bond acceptors (Lipinski definition) is 2. The average Bonchev–Trinajstić information content (AvgIpc) is 2.02. The van der Waals surface area contributed by atoms with Gasteiger partial charge in [0.1, 0.15) is 0 Å². The molecule has 0 aromatic heterocycles. The Bertz CT molecular complexity index is 104. The van der Waals surface area contributed by atoms with E-state index in [2.05, 4.69) is 25.7 Å². The Morgan fingerprint density at radius 1 is 1.17 bits per heavy atom. The fourth-order valence-electron chi connectivity index (χ4n) is 1.28. The van der Waals surface area contributed by atoms with Gasteiger partial charge in [-0.3, -0.25) is 0 Å². The Labute approximate surface area is 76.6 Å². The van der Waals surface area contributed by atoms with Gasteiger partial charge in [0.15, 0.2) is 0 Å². The van der Waals surface area contributed by atoms with Gasteiger partial charge in [0.2, 0.25) is 0 Å². The molecule has 2 heteroatoms. The normalized spacial score (nSPS) is 16.5. The number of aliphatic hydroxyl groups excluding tert-OH is 1. The summed E-state index contributed by atoms with van der Waals surface area (Å²) in [5.41, 5.74) is 0. The first kappa shape index (κ1) is 11.9. The van der Waals surface area contributed by atoms with Crippen molar-refractivity contribution in [3.8, 4) is 0 Å². The van der Waals surface area contributed by atoms with E-state index in [1.54, 1.807) is 0 Å². The van der Waals surface area contributed by atoms with Crippen molar-refractivity contribution in [2.45, 2.75) is 40.2 Å². The number of hydrogen-bond donors (Lipinski definition) is 1. The molecule has 2 nitrogen and oxygen atoms in total. The number of nitrogens with zero attached hydrogens (tertiary/aromatic N) is 1. The lowest BCUT2D eigenvalue weighted by Gasteiger charge is -2.24. The third-order valence-electron chi connectivity index (χ3n) is 2.24. The molecule has 74 valence electrons. The molecule has 0 radical (unpaired) electrons. The Morgan fingerprint density at radius 3 is 2.08 bits per heavy atom. The minimum atomic E-state index is -0.200. The van der Waals surface area contributed by atoms with E-state index >= 15 is 0 Å². The van der Waals surface area contributed by atoms with Crippen molar-refractivity contribution in [2.75, 3.05) is 19.6 Å². The summed E-state index contributed by atoms with van der Waals surface area (Å²) in [6.07, 6.45) is 1.02. The van der Waals surface area contributed by atoms with Crippen LogP contribution in [-0.4, -0.2) is 35.7 Å². The topological polar surface area (TPSA) is 23.5 Å². The summed E-state index contributed by atoms with van der Waals surface area (Å²) in [5.74, 6) is 0.740. The second-order valence-corrected chi connectivity index (χ2v) is 3.71. The largest absolute Gasteiger partial charge is 0.392 e. The van der Waals surface area contributed by atoms with E-state index in [0.717, 1.165) is 25.6 Å². The molecule has 0 aromatic carbocycles. The Balaban J connectivity index is 3.66. The standard InChI is InChI=1S/C10H23NO/c1-5-9(3)7-11(6-2)8-10(4)12/h9-10,12H,5-8H2,1-4H3/t9?,10-/m0/s1. The third kappa shape index (κ3) is 5.56. The molecule has 0 bridgehead atoms. The fraction of sp³-hybridized carbons (Fsp3) is 1.00. The van der Waals surface area contributed by atoms with Gasteiger partial charge >= 0.3 is 0 Å². The monoisotopic (exact) mass is 173 g/mol. The van der Waals surface area contributed by atoms with E-state index in [1.807, 2.05) is 6.92 Å². The van der Waals surface area contributed by atoms with Gasteiger partial charge in [0.05, 0.1) is 6.10 Å². The maximum Gasteiger partial charge on any atom is 0.0639 e. The summed E-state index contributed by atoms with van der Waals surface area (Å²) in [6.45, 7) is 11.4. The van der Waals surface area contributed by atoms with Crippen molar-refractivity contribution in [3.63, 3.8) is 0 Å². The van der Waals surface area contributed by atoms with Crippen LogP contribution in [0.2, 0.25) is 0 Å². The lowest BCUT2D eigenvalue weighted by atomic mass is 10.1. The molecule has 0 saturated heterocycles. The molecule has 0 rings (SSSR count). The molecule has 0 fully saturated rings. The van der Waals surface area contributed by atoms with Crippen LogP contribution in [0.25, 0.3) is 0 Å². The fourth-order valence-corrected chi connectivity index (χ4v) is 1.28. The summed E-state index contributed by atoms with van der Waals surface area (Å²) in [4.78, 5) is 2.30. The molecule has 0 aliphatic rings. The van der Waals surface area contributed by atoms with E-state index < -0.39 is 0 Å². The Hall–Kier alpha value is -0.0800. The Morgan fingerprint density at radius 2 is 1.75 bits per heavy atom. The van der Waals surface area contributed by atoms with Crippen molar-refractivity contribution < 1.29 is 5.11 Å². The zero-order valence-corrected chi connectivity index (χ0v) is 8.88. The van der Waals surface area contributed by atoms with Crippen molar-refractivity contribution in [3.05, 3.63) is 0 Å². The van der Waals surface area contributed by atoms with Gasteiger partial charge < -0.3 is 10.0 Å². The maximum absolute atomic E-state index is 9.20. The lowest BCUT2D eigenvalue weighted by molar-refractivity contribution is 0.120. The van der Waals surface area contributed by atoms with Crippen LogP contribution in [-0.2, 0) is 0 Å². The van der Waals surface area contributed by atoms with Gasteiger partial charge in [-0.2, -0.15) is 0 Å². The predicted octanol–water partition coefficient (Wildman–Crippen LogP) is 1.74. The molecular formula is C10H23NO. The number of likely N-dealkylation sites (N-methyl/N-ethyl adjacent to an activating group) is 1. The quantitative estimate of drug-likeness (QED) is 0.661.